The van der Waals surface area contributed by atoms with Gasteiger partial charge in [-0.15, -0.1) is 0 Å². The number of hydrogen-bond acceptors (Lipinski definition) is 3. The number of aryl methyl sites for hydroxylation is 1. The Bertz CT molecular complexity index is 928. The molecule has 2 aromatic carbocycles. The summed E-state index contributed by atoms with van der Waals surface area (Å²) in [4.78, 5) is 11.9. The Kier molecular flexibility index (Phi) is 5.05. The zero-order valence-electron chi connectivity index (χ0n) is 14.1. The zero-order chi connectivity index (χ0) is 17.8. The van der Waals surface area contributed by atoms with Crippen LogP contribution in [0.3, 0.4) is 0 Å². The van der Waals surface area contributed by atoms with E-state index in [-0.39, 0.29) is 12.5 Å². The van der Waals surface area contributed by atoms with E-state index in [0.29, 0.717) is 5.02 Å². The van der Waals surface area contributed by atoms with E-state index >= 15 is 0 Å². The SMILES string of the molecule is Cc1c(/C=N\NC(=O)CNc2ccc(Cl)cc2)c2ccccc2n1C. The van der Waals surface area contributed by atoms with Crippen LogP contribution in [-0.2, 0) is 11.8 Å². The van der Waals surface area contributed by atoms with Gasteiger partial charge in [0.2, 0.25) is 0 Å². The normalized spacial score (nSPS) is 11.2. The molecule has 1 heterocycles. The van der Waals surface area contributed by atoms with Crippen molar-refractivity contribution in [3.05, 3.63) is 64.8 Å². The average Bonchev–Trinajstić information content (AvgIpc) is 2.86. The summed E-state index contributed by atoms with van der Waals surface area (Å²) in [5.74, 6) is -0.218. The van der Waals surface area contributed by atoms with Crippen molar-refractivity contribution in [2.24, 2.45) is 12.1 Å². The van der Waals surface area contributed by atoms with Crippen LogP contribution in [0.2, 0.25) is 5.02 Å². The van der Waals surface area contributed by atoms with E-state index in [1.54, 1.807) is 18.3 Å². The third-order valence-electron chi connectivity index (χ3n) is 4.13. The Morgan fingerprint density at radius 3 is 2.68 bits per heavy atom. The predicted octanol–water partition coefficient (Wildman–Crippen LogP) is 3.70. The van der Waals surface area contributed by atoms with Crippen molar-refractivity contribution < 1.29 is 4.79 Å². The number of aromatic nitrogens is 1. The van der Waals surface area contributed by atoms with E-state index in [4.69, 9.17) is 11.6 Å². The summed E-state index contributed by atoms with van der Waals surface area (Å²) >= 11 is 5.83. The first-order valence-electron chi connectivity index (χ1n) is 7.91. The lowest BCUT2D eigenvalue weighted by Crippen LogP contribution is -2.25. The average molecular weight is 355 g/mol. The van der Waals surface area contributed by atoms with Crippen LogP contribution in [0.4, 0.5) is 5.69 Å². The third-order valence-corrected chi connectivity index (χ3v) is 4.38. The molecule has 1 aromatic heterocycles. The van der Waals surface area contributed by atoms with Gasteiger partial charge in [-0.3, -0.25) is 4.79 Å². The molecule has 0 saturated heterocycles. The highest BCUT2D eigenvalue weighted by atomic mass is 35.5. The molecule has 3 aromatic rings. The molecule has 5 nitrogen and oxygen atoms in total. The van der Waals surface area contributed by atoms with E-state index < -0.39 is 0 Å². The highest BCUT2D eigenvalue weighted by Gasteiger charge is 2.09. The second-order valence-electron chi connectivity index (χ2n) is 5.73. The molecule has 0 bridgehead atoms. The molecule has 0 fully saturated rings. The summed E-state index contributed by atoms with van der Waals surface area (Å²) in [7, 11) is 2.02. The maximum Gasteiger partial charge on any atom is 0.259 e. The zero-order valence-corrected chi connectivity index (χ0v) is 14.8. The lowest BCUT2D eigenvalue weighted by molar-refractivity contribution is -0.119. The van der Waals surface area contributed by atoms with Crippen LogP contribution < -0.4 is 10.7 Å². The molecule has 0 spiro atoms. The number of nitrogens with one attached hydrogen (secondary N) is 2. The summed E-state index contributed by atoms with van der Waals surface area (Å²) < 4.78 is 2.11. The number of para-hydroxylation sites is 1. The number of hydrogen-bond donors (Lipinski definition) is 2. The van der Waals surface area contributed by atoms with Gasteiger partial charge in [-0.2, -0.15) is 5.10 Å². The molecule has 3 rings (SSSR count). The Balaban J connectivity index is 1.62. The summed E-state index contributed by atoms with van der Waals surface area (Å²) in [5.41, 5.74) is 6.61. The van der Waals surface area contributed by atoms with E-state index in [1.807, 2.05) is 44.3 Å². The van der Waals surface area contributed by atoms with Gasteiger partial charge in [0.1, 0.15) is 0 Å². The topological polar surface area (TPSA) is 58.4 Å². The number of carbonyl (C=O) groups is 1. The standard InChI is InChI=1S/C19H19ClN4O/c1-13-17(16-5-3-4-6-18(16)24(13)2)11-22-23-19(25)12-21-15-9-7-14(20)8-10-15/h3-11,21H,12H2,1-2H3,(H,23,25)/b22-11-. The molecule has 6 heteroatoms. The number of rotatable bonds is 5. The summed E-state index contributed by atoms with van der Waals surface area (Å²) in [6, 6.07) is 15.3. The summed E-state index contributed by atoms with van der Waals surface area (Å²) in [6.45, 7) is 2.17. The third kappa shape index (κ3) is 3.83. The number of anilines is 1. The summed E-state index contributed by atoms with van der Waals surface area (Å²) in [6.07, 6.45) is 1.69. The first kappa shape index (κ1) is 17.0. The highest BCUT2D eigenvalue weighted by molar-refractivity contribution is 6.30. The van der Waals surface area contributed by atoms with Gasteiger partial charge < -0.3 is 9.88 Å². The molecule has 0 aliphatic carbocycles. The fraction of sp³-hybridized carbons (Fsp3) is 0.158. The second-order valence-corrected chi connectivity index (χ2v) is 6.17. The maximum atomic E-state index is 11.9. The van der Waals surface area contributed by atoms with Crippen molar-refractivity contribution in [1.82, 2.24) is 9.99 Å². The number of hydrazone groups is 1. The number of fused-ring (bicyclic) bond motifs is 1. The number of halogens is 1. The van der Waals surface area contributed by atoms with Gasteiger partial charge in [-0.1, -0.05) is 29.8 Å². The van der Waals surface area contributed by atoms with Crippen LogP contribution in [0.1, 0.15) is 11.3 Å². The number of amides is 1. The van der Waals surface area contributed by atoms with Gasteiger partial charge in [0, 0.05) is 39.9 Å². The van der Waals surface area contributed by atoms with Crippen molar-refractivity contribution in [2.45, 2.75) is 6.92 Å². The lowest BCUT2D eigenvalue weighted by Gasteiger charge is -2.05. The minimum atomic E-state index is -0.218. The van der Waals surface area contributed by atoms with Gasteiger partial charge in [0.15, 0.2) is 0 Å². The number of nitrogens with zero attached hydrogens (tertiary/aromatic N) is 2. The Hall–Kier alpha value is -2.79. The van der Waals surface area contributed by atoms with Crippen molar-refractivity contribution in [3.8, 4) is 0 Å². The quantitative estimate of drug-likeness (QED) is 0.542. The highest BCUT2D eigenvalue weighted by Crippen LogP contribution is 2.22. The molecule has 0 radical (unpaired) electrons. The Labute approximate surface area is 151 Å². The van der Waals surface area contributed by atoms with Gasteiger partial charge in [0.25, 0.3) is 5.91 Å². The summed E-state index contributed by atoms with van der Waals surface area (Å²) in [5, 5.41) is 8.88. The van der Waals surface area contributed by atoms with Crippen LogP contribution in [0.5, 0.6) is 0 Å². The van der Waals surface area contributed by atoms with Crippen molar-refractivity contribution in [1.29, 1.82) is 0 Å². The number of carbonyl (C=O) groups excluding carboxylic acids is 1. The smallest absolute Gasteiger partial charge is 0.259 e. The molecule has 2 N–H and O–H groups in total. The van der Waals surface area contributed by atoms with E-state index in [2.05, 4.69) is 26.5 Å². The Morgan fingerprint density at radius 1 is 1.20 bits per heavy atom. The van der Waals surface area contributed by atoms with Crippen LogP contribution in [0.25, 0.3) is 10.9 Å². The Morgan fingerprint density at radius 2 is 1.92 bits per heavy atom. The molecule has 0 aliphatic rings. The molecular weight excluding hydrogens is 336 g/mol. The minimum absolute atomic E-state index is 0.132. The van der Waals surface area contributed by atoms with Gasteiger partial charge in [-0.05, 0) is 37.3 Å². The molecule has 128 valence electrons. The molecule has 0 saturated carbocycles. The second kappa shape index (κ2) is 7.40. The van der Waals surface area contributed by atoms with Crippen LogP contribution >= 0.6 is 11.6 Å². The van der Waals surface area contributed by atoms with Crippen LogP contribution in [0.15, 0.2) is 53.6 Å². The lowest BCUT2D eigenvalue weighted by atomic mass is 10.1. The van der Waals surface area contributed by atoms with E-state index in [0.717, 1.165) is 27.8 Å². The first-order chi connectivity index (χ1) is 12.1. The fourth-order valence-electron chi connectivity index (χ4n) is 2.67. The number of benzene rings is 2. The largest absolute Gasteiger partial charge is 0.376 e. The fourth-order valence-corrected chi connectivity index (χ4v) is 2.80. The van der Waals surface area contributed by atoms with Gasteiger partial charge in [0.05, 0.1) is 12.8 Å². The van der Waals surface area contributed by atoms with Crippen molar-refractivity contribution in [3.63, 3.8) is 0 Å². The van der Waals surface area contributed by atoms with E-state index in [9.17, 15) is 4.79 Å². The monoisotopic (exact) mass is 354 g/mol. The van der Waals surface area contributed by atoms with Crippen molar-refractivity contribution in [2.75, 3.05) is 11.9 Å². The molecule has 0 aliphatic heterocycles. The maximum absolute atomic E-state index is 11.9. The molecule has 25 heavy (non-hydrogen) atoms. The molecule has 0 atom stereocenters. The van der Waals surface area contributed by atoms with Crippen LogP contribution in [-0.4, -0.2) is 23.2 Å². The first-order valence-corrected chi connectivity index (χ1v) is 8.29. The predicted molar refractivity (Wildman–Crippen MR) is 103 cm³/mol. The van der Waals surface area contributed by atoms with Crippen LogP contribution in [0, 0.1) is 6.92 Å². The van der Waals surface area contributed by atoms with Gasteiger partial charge >= 0.3 is 0 Å². The van der Waals surface area contributed by atoms with E-state index in [1.165, 1.54) is 0 Å². The molecular formula is C19H19ClN4O. The molecule has 1 amide bonds. The molecule has 0 unspecified atom stereocenters. The van der Waals surface area contributed by atoms with Crippen molar-refractivity contribution >= 4 is 40.3 Å². The van der Waals surface area contributed by atoms with Gasteiger partial charge in [-0.25, -0.2) is 5.43 Å². The minimum Gasteiger partial charge on any atom is -0.376 e.